The summed E-state index contributed by atoms with van der Waals surface area (Å²) in [5.41, 5.74) is 3.76. The Balaban J connectivity index is 1.12. The monoisotopic (exact) mass is 444 g/mol. The van der Waals surface area contributed by atoms with Gasteiger partial charge >= 0.3 is 0 Å². The van der Waals surface area contributed by atoms with Crippen LogP contribution in [0.15, 0.2) is 54.7 Å². The predicted octanol–water partition coefficient (Wildman–Crippen LogP) is 3.43. The lowest BCUT2D eigenvalue weighted by Crippen LogP contribution is -2.43. The third-order valence-electron chi connectivity index (χ3n) is 6.82. The predicted molar refractivity (Wildman–Crippen MR) is 127 cm³/mol. The molecular weight excluding hydrogens is 416 g/mol. The van der Waals surface area contributed by atoms with Crippen LogP contribution in [0.4, 0.5) is 5.69 Å². The van der Waals surface area contributed by atoms with Crippen molar-refractivity contribution >= 4 is 34.3 Å². The average molecular weight is 445 g/mol. The molecule has 2 fully saturated rings. The molecule has 3 aromatic rings. The van der Waals surface area contributed by atoms with E-state index < -0.39 is 0 Å². The quantitative estimate of drug-likeness (QED) is 0.632. The minimum atomic E-state index is -0.281. The number of para-hydroxylation sites is 1. The Bertz CT molecular complexity index is 1180. The van der Waals surface area contributed by atoms with Gasteiger partial charge in [-0.2, -0.15) is 0 Å². The van der Waals surface area contributed by atoms with Crippen LogP contribution in [0.25, 0.3) is 10.9 Å². The zero-order valence-corrected chi connectivity index (χ0v) is 18.5. The summed E-state index contributed by atoms with van der Waals surface area (Å²) >= 11 is 0. The lowest BCUT2D eigenvalue weighted by atomic mass is 9.89. The summed E-state index contributed by atoms with van der Waals surface area (Å²) in [6.07, 6.45) is 5.36. The number of benzene rings is 2. The standard InChI is InChI=1S/C26H28N4O3/c31-24-6-3-13-30(24)20-9-7-19(8-10-20)26(33)28-17-25(32)29-14-11-18(12-15-29)22-16-27-23-5-2-1-4-21(22)23/h1-2,4-5,7-10,16,18,27H,3,6,11-15,17H2,(H,28,33). The Morgan fingerprint density at radius 3 is 2.48 bits per heavy atom. The second-order valence-electron chi connectivity index (χ2n) is 8.82. The molecule has 3 heterocycles. The Hall–Kier alpha value is -3.61. The molecule has 0 bridgehead atoms. The van der Waals surface area contributed by atoms with E-state index in [1.807, 2.05) is 11.0 Å². The van der Waals surface area contributed by atoms with Crippen LogP contribution in [-0.4, -0.2) is 53.8 Å². The molecule has 2 saturated heterocycles. The molecule has 2 N–H and O–H groups in total. The number of amides is 3. The minimum Gasteiger partial charge on any atom is -0.361 e. The SMILES string of the molecule is O=C(NCC(=O)N1CCC(c2c[nH]c3ccccc23)CC1)c1ccc(N2CCCC2=O)cc1. The fourth-order valence-electron chi connectivity index (χ4n) is 4.96. The highest BCUT2D eigenvalue weighted by Crippen LogP contribution is 2.33. The van der Waals surface area contributed by atoms with E-state index in [0.717, 1.165) is 37.0 Å². The Morgan fingerprint density at radius 1 is 1.00 bits per heavy atom. The van der Waals surface area contributed by atoms with E-state index in [1.54, 1.807) is 29.2 Å². The average Bonchev–Trinajstić information content (AvgIpc) is 3.49. The second-order valence-corrected chi connectivity index (χ2v) is 8.82. The number of carbonyl (C=O) groups is 3. The summed E-state index contributed by atoms with van der Waals surface area (Å²) in [6, 6.07) is 15.3. The number of fused-ring (bicyclic) bond motifs is 1. The van der Waals surface area contributed by atoms with Crippen molar-refractivity contribution in [1.82, 2.24) is 15.2 Å². The van der Waals surface area contributed by atoms with Crippen molar-refractivity contribution in [2.24, 2.45) is 0 Å². The van der Waals surface area contributed by atoms with Crippen molar-refractivity contribution in [3.63, 3.8) is 0 Å². The molecule has 0 spiro atoms. The first kappa shape index (κ1) is 21.2. The normalized spacial score (nSPS) is 17.0. The molecule has 2 aliphatic rings. The van der Waals surface area contributed by atoms with Crippen molar-refractivity contribution < 1.29 is 14.4 Å². The van der Waals surface area contributed by atoms with Crippen LogP contribution in [-0.2, 0) is 9.59 Å². The van der Waals surface area contributed by atoms with E-state index in [4.69, 9.17) is 0 Å². The van der Waals surface area contributed by atoms with E-state index in [2.05, 4.69) is 34.7 Å². The maximum atomic E-state index is 12.7. The van der Waals surface area contributed by atoms with Crippen LogP contribution in [0.5, 0.6) is 0 Å². The molecule has 1 aromatic heterocycles. The molecule has 2 aromatic carbocycles. The Labute approximate surface area is 192 Å². The summed E-state index contributed by atoms with van der Waals surface area (Å²) < 4.78 is 0. The van der Waals surface area contributed by atoms with Crippen molar-refractivity contribution in [1.29, 1.82) is 0 Å². The molecule has 2 aliphatic heterocycles. The number of hydrogen-bond donors (Lipinski definition) is 2. The van der Waals surface area contributed by atoms with Crippen molar-refractivity contribution in [3.05, 3.63) is 65.9 Å². The van der Waals surface area contributed by atoms with Gasteiger partial charge in [0, 0.05) is 54.4 Å². The number of rotatable bonds is 5. The van der Waals surface area contributed by atoms with Crippen LogP contribution in [0.3, 0.4) is 0 Å². The molecule has 0 aliphatic carbocycles. The van der Waals surface area contributed by atoms with Gasteiger partial charge in [-0.25, -0.2) is 0 Å². The third-order valence-corrected chi connectivity index (χ3v) is 6.82. The number of H-pyrrole nitrogens is 1. The first-order chi connectivity index (χ1) is 16.1. The third kappa shape index (κ3) is 4.35. The fourth-order valence-corrected chi connectivity index (χ4v) is 4.96. The summed E-state index contributed by atoms with van der Waals surface area (Å²) in [6.45, 7) is 2.09. The number of aromatic amines is 1. The van der Waals surface area contributed by atoms with Gasteiger partial charge in [0.25, 0.3) is 5.91 Å². The van der Waals surface area contributed by atoms with Crippen molar-refractivity contribution in [3.8, 4) is 0 Å². The van der Waals surface area contributed by atoms with Crippen molar-refractivity contribution in [2.75, 3.05) is 31.1 Å². The number of anilines is 1. The number of nitrogens with zero attached hydrogens (tertiary/aromatic N) is 2. The largest absolute Gasteiger partial charge is 0.361 e. The first-order valence-electron chi connectivity index (χ1n) is 11.6. The van der Waals surface area contributed by atoms with Gasteiger partial charge in [0.2, 0.25) is 11.8 Å². The Morgan fingerprint density at radius 2 is 1.76 bits per heavy atom. The molecule has 0 radical (unpaired) electrons. The molecular formula is C26H28N4O3. The van der Waals surface area contributed by atoms with Crippen LogP contribution in [0, 0.1) is 0 Å². The van der Waals surface area contributed by atoms with Gasteiger partial charge in [-0.3, -0.25) is 14.4 Å². The summed E-state index contributed by atoms with van der Waals surface area (Å²) in [7, 11) is 0. The molecule has 170 valence electrons. The summed E-state index contributed by atoms with van der Waals surface area (Å²) in [5, 5.41) is 4.00. The molecule has 7 nitrogen and oxygen atoms in total. The highest BCUT2D eigenvalue weighted by molar-refractivity contribution is 5.98. The maximum Gasteiger partial charge on any atom is 0.251 e. The van der Waals surface area contributed by atoms with Crippen LogP contribution in [0.2, 0.25) is 0 Å². The molecule has 7 heteroatoms. The smallest absolute Gasteiger partial charge is 0.251 e. The van der Waals surface area contributed by atoms with Gasteiger partial charge in [-0.15, -0.1) is 0 Å². The van der Waals surface area contributed by atoms with E-state index in [0.29, 0.717) is 31.0 Å². The Kier molecular flexibility index (Phi) is 5.86. The minimum absolute atomic E-state index is 0.0110. The van der Waals surface area contributed by atoms with Crippen molar-refractivity contribution in [2.45, 2.75) is 31.6 Å². The first-order valence-corrected chi connectivity index (χ1v) is 11.6. The number of piperidine rings is 1. The number of hydrogen-bond acceptors (Lipinski definition) is 3. The van der Waals surface area contributed by atoms with Crippen LogP contribution in [0.1, 0.15) is 47.5 Å². The van der Waals surface area contributed by atoms with Gasteiger partial charge in [0.1, 0.15) is 0 Å². The van der Waals surface area contributed by atoms with Gasteiger partial charge < -0.3 is 20.1 Å². The molecule has 0 atom stereocenters. The lowest BCUT2D eigenvalue weighted by molar-refractivity contribution is -0.131. The van der Waals surface area contributed by atoms with Gasteiger partial charge in [0.15, 0.2) is 0 Å². The molecule has 3 amide bonds. The molecule has 5 rings (SSSR count). The van der Waals surface area contributed by atoms with E-state index in [-0.39, 0.29) is 24.3 Å². The molecule has 33 heavy (non-hydrogen) atoms. The summed E-state index contributed by atoms with van der Waals surface area (Å²) in [5.74, 6) is 0.211. The zero-order chi connectivity index (χ0) is 22.8. The summed E-state index contributed by atoms with van der Waals surface area (Å²) in [4.78, 5) is 44.0. The van der Waals surface area contributed by atoms with E-state index >= 15 is 0 Å². The van der Waals surface area contributed by atoms with Crippen LogP contribution >= 0.6 is 0 Å². The molecule has 0 unspecified atom stereocenters. The fraction of sp³-hybridized carbons (Fsp3) is 0.346. The van der Waals surface area contributed by atoms with Gasteiger partial charge in [-0.1, -0.05) is 18.2 Å². The number of aromatic nitrogens is 1. The van der Waals surface area contributed by atoms with Crippen LogP contribution < -0.4 is 10.2 Å². The van der Waals surface area contributed by atoms with Gasteiger partial charge in [-0.05, 0) is 61.1 Å². The number of likely N-dealkylation sites (tertiary alicyclic amines) is 1. The van der Waals surface area contributed by atoms with E-state index in [1.165, 1.54) is 10.9 Å². The second kappa shape index (κ2) is 9.10. The number of nitrogens with one attached hydrogen (secondary N) is 2. The number of carbonyl (C=O) groups excluding carboxylic acids is 3. The highest BCUT2D eigenvalue weighted by Gasteiger charge is 2.26. The van der Waals surface area contributed by atoms with E-state index in [9.17, 15) is 14.4 Å². The van der Waals surface area contributed by atoms with Gasteiger partial charge in [0.05, 0.1) is 6.54 Å². The topological polar surface area (TPSA) is 85.5 Å². The highest BCUT2D eigenvalue weighted by atomic mass is 16.2. The maximum absolute atomic E-state index is 12.7. The lowest BCUT2D eigenvalue weighted by Gasteiger charge is -2.32. The zero-order valence-electron chi connectivity index (χ0n) is 18.5. The molecule has 0 saturated carbocycles.